The van der Waals surface area contributed by atoms with Crippen LogP contribution >= 0.6 is 0 Å². The van der Waals surface area contributed by atoms with Crippen molar-refractivity contribution >= 4 is 32.6 Å². The highest BCUT2D eigenvalue weighted by Crippen LogP contribution is 2.30. The van der Waals surface area contributed by atoms with E-state index in [1.807, 2.05) is 0 Å². The Morgan fingerprint density at radius 2 is 1.86 bits per heavy atom. The standard InChI is InChI=1S/C20H24N2O5S/c1-13(20(24)22-5-7-28(25,26)8-6-22)21-19(23)11-16-12-27-18-10-15-4-2-3-14(15)9-17(16)18/h9-10,12-13H,2-8,11H2,1H3,(H,21,23). The van der Waals surface area contributed by atoms with Gasteiger partial charge in [-0.2, -0.15) is 0 Å². The summed E-state index contributed by atoms with van der Waals surface area (Å²) in [5.74, 6) is -0.554. The molecule has 1 saturated heterocycles. The number of rotatable bonds is 4. The number of nitrogens with one attached hydrogen (secondary N) is 1. The summed E-state index contributed by atoms with van der Waals surface area (Å²) in [4.78, 5) is 26.5. The zero-order valence-corrected chi connectivity index (χ0v) is 16.7. The number of nitrogens with zero attached hydrogens (tertiary/aromatic N) is 1. The molecule has 1 fully saturated rings. The van der Waals surface area contributed by atoms with Gasteiger partial charge in [-0.15, -0.1) is 0 Å². The molecule has 1 atom stereocenters. The summed E-state index contributed by atoms with van der Waals surface area (Å²) in [7, 11) is -3.05. The third kappa shape index (κ3) is 3.78. The Labute approximate surface area is 164 Å². The Hall–Kier alpha value is -2.35. The van der Waals surface area contributed by atoms with Gasteiger partial charge in [0.2, 0.25) is 11.8 Å². The Balaban J connectivity index is 1.39. The van der Waals surface area contributed by atoms with Gasteiger partial charge in [-0.3, -0.25) is 9.59 Å². The fourth-order valence-electron chi connectivity index (χ4n) is 4.02. The molecule has 0 saturated carbocycles. The van der Waals surface area contributed by atoms with Crippen LogP contribution in [0.2, 0.25) is 0 Å². The van der Waals surface area contributed by atoms with Crippen LogP contribution in [0.25, 0.3) is 11.0 Å². The zero-order valence-electron chi connectivity index (χ0n) is 15.9. The van der Waals surface area contributed by atoms with Gasteiger partial charge in [0.15, 0.2) is 9.84 Å². The summed E-state index contributed by atoms with van der Waals surface area (Å²) >= 11 is 0. The lowest BCUT2D eigenvalue weighted by Gasteiger charge is -2.29. The van der Waals surface area contributed by atoms with Crippen molar-refractivity contribution in [2.24, 2.45) is 0 Å². The van der Waals surface area contributed by atoms with Gasteiger partial charge in [0.25, 0.3) is 0 Å². The second-order valence-electron chi connectivity index (χ2n) is 7.67. The smallest absolute Gasteiger partial charge is 0.244 e. The molecule has 1 N–H and O–H groups in total. The predicted octanol–water partition coefficient (Wildman–Crippen LogP) is 1.23. The highest BCUT2D eigenvalue weighted by Gasteiger charge is 2.28. The maximum Gasteiger partial charge on any atom is 0.244 e. The molecule has 1 aromatic carbocycles. The molecule has 2 aliphatic rings. The van der Waals surface area contributed by atoms with E-state index in [0.717, 1.165) is 35.8 Å². The van der Waals surface area contributed by atoms with Gasteiger partial charge in [-0.25, -0.2) is 8.42 Å². The van der Waals surface area contributed by atoms with Crippen LogP contribution in [0, 0.1) is 0 Å². The second kappa shape index (κ2) is 7.24. The van der Waals surface area contributed by atoms with Crippen LogP contribution in [0.15, 0.2) is 22.8 Å². The number of carbonyl (C=O) groups is 2. The maximum absolute atomic E-state index is 12.5. The SMILES string of the molecule is CC(NC(=O)Cc1coc2cc3c(cc12)CCC3)C(=O)N1CCS(=O)(=O)CC1. The Morgan fingerprint density at radius 3 is 2.57 bits per heavy atom. The molecule has 0 bridgehead atoms. The number of carbonyl (C=O) groups excluding carboxylic acids is 2. The number of fused-ring (bicyclic) bond motifs is 2. The summed E-state index contributed by atoms with van der Waals surface area (Å²) < 4.78 is 28.6. The first-order chi connectivity index (χ1) is 13.3. The Bertz CT molecular complexity index is 1030. The molecule has 1 aromatic heterocycles. The normalized spacial score (nSPS) is 19.4. The number of sulfone groups is 1. The van der Waals surface area contributed by atoms with Gasteiger partial charge in [-0.05, 0) is 49.4 Å². The van der Waals surface area contributed by atoms with Crippen molar-refractivity contribution < 1.29 is 22.4 Å². The van der Waals surface area contributed by atoms with Crippen molar-refractivity contribution in [2.75, 3.05) is 24.6 Å². The minimum absolute atomic E-state index is 0.0231. The Morgan fingerprint density at radius 1 is 1.18 bits per heavy atom. The number of benzene rings is 1. The van der Waals surface area contributed by atoms with Gasteiger partial charge in [0.05, 0.1) is 24.2 Å². The fraction of sp³-hybridized carbons (Fsp3) is 0.500. The monoisotopic (exact) mass is 404 g/mol. The third-order valence-electron chi connectivity index (χ3n) is 5.62. The highest BCUT2D eigenvalue weighted by molar-refractivity contribution is 7.91. The van der Waals surface area contributed by atoms with E-state index in [1.165, 1.54) is 16.0 Å². The molecule has 1 aliphatic carbocycles. The first-order valence-electron chi connectivity index (χ1n) is 9.63. The predicted molar refractivity (Wildman–Crippen MR) is 105 cm³/mol. The van der Waals surface area contributed by atoms with E-state index >= 15 is 0 Å². The highest BCUT2D eigenvalue weighted by atomic mass is 32.2. The van der Waals surface area contributed by atoms with Gasteiger partial charge >= 0.3 is 0 Å². The van der Waals surface area contributed by atoms with Gasteiger partial charge in [0.1, 0.15) is 11.6 Å². The molecule has 8 heteroatoms. The first kappa shape index (κ1) is 19.0. The number of furan rings is 1. The molecular formula is C20H24N2O5S. The fourth-order valence-corrected chi connectivity index (χ4v) is 5.22. The quantitative estimate of drug-likeness (QED) is 0.827. The lowest BCUT2D eigenvalue weighted by Crippen LogP contribution is -2.51. The minimum Gasteiger partial charge on any atom is -0.464 e. The minimum atomic E-state index is -3.05. The van der Waals surface area contributed by atoms with Crippen molar-refractivity contribution in [3.8, 4) is 0 Å². The van der Waals surface area contributed by atoms with E-state index in [0.29, 0.717) is 0 Å². The van der Waals surface area contributed by atoms with Crippen molar-refractivity contribution in [3.05, 3.63) is 35.1 Å². The number of amides is 2. The molecule has 0 spiro atoms. The average Bonchev–Trinajstić information content (AvgIpc) is 3.25. The van der Waals surface area contributed by atoms with E-state index in [9.17, 15) is 18.0 Å². The summed E-state index contributed by atoms with van der Waals surface area (Å²) in [6.45, 7) is 1.99. The summed E-state index contributed by atoms with van der Waals surface area (Å²) in [5, 5.41) is 3.69. The summed E-state index contributed by atoms with van der Waals surface area (Å²) in [6.07, 6.45) is 5.02. The maximum atomic E-state index is 12.5. The molecule has 28 heavy (non-hydrogen) atoms. The summed E-state index contributed by atoms with van der Waals surface area (Å²) in [5.41, 5.74) is 4.24. The van der Waals surface area contributed by atoms with Crippen molar-refractivity contribution in [2.45, 2.75) is 38.6 Å². The molecule has 1 aliphatic heterocycles. The lowest BCUT2D eigenvalue weighted by atomic mass is 10.0. The first-order valence-corrected chi connectivity index (χ1v) is 11.4. The molecule has 2 heterocycles. The van der Waals surface area contributed by atoms with Gasteiger partial charge < -0.3 is 14.6 Å². The zero-order chi connectivity index (χ0) is 19.9. The topological polar surface area (TPSA) is 96.7 Å². The van der Waals surface area contributed by atoms with Crippen LogP contribution in [-0.2, 0) is 38.7 Å². The van der Waals surface area contributed by atoms with E-state index in [1.54, 1.807) is 13.2 Å². The summed E-state index contributed by atoms with van der Waals surface area (Å²) in [6, 6.07) is 3.48. The molecular weight excluding hydrogens is 380 g/mol. The van der Waals surface area contributed by atoms with Gasteiger partial charge in [-0.1, -0.05) is 0 Å². The van der Waals surface area contributed by atoms with E-state index in [4.69, 9.17) is 4.42 Å². The Kier molecular flexibility index (Phi) is 4.91. The molecule has 1 unspecified atom stereocenters. The molecule has 2 amide bonds. The molecule has 150 valence electrons. The van der Waals surface area contributed by atoms with Crippen molar-refractivity contribution in [3.63, 3.8) is 0 Å². The van der Waals surface area contributed by atoms with E-state index < -0.39 is 15.9 Å². The second-order valence-corrected chi connectivity index (χ2v) is 9.98. The molecule has 7 nitrogen and oxygen atoms in total. The lowest BCUT2D eigenvalue weighted by molar-refractivity contribution is -0.135. The van der Waals surface area contributed by atoms with Crippen LogP contribution in [0.5, 0.6) is 0 Å². The van der Waals surface area contributed by atoms with Crippen LogP contribution < -0.4 is 5.32 Å². The largest absolute Gasteiger partial charge is 0.464 e. The van der Waals surface area contributed by atoms with Gasteiger partial charge in [0, 0.05) is 24.0 Å². The van der Waals surface area contributed by atoms with Crippen LogP contribution in [0.3, 0.4) is 0 Å². The van der Waals surface area contributed by atoms with Crippen molar-refractivity contribution in [1.82, 2.24) is 10.2 Å². The number of aryl methyl sites for hydroxylation is 2. The third-order valence-corrected chi connectivity index (χ3v) is 7.23. The van der Waals surface area contributed by atoms with E-state index in [-0.39, 0.29) is 42.8 Å². The number of hydrogen-bond acceptors (Lipinski definition) is 5. The average molecular weight is 404 g/mol. The van der Waals surface area contributed by atoms with Crippen LogP contribution in [0.4, 0.5) is 0 Å². The molecule has 0 radical (unpaired) electrons. The van der Waals surface area contributed by atoms with Crippen LogP contribution in [-0.4, -0.2) is 55.8 Å². The van der Waals surface area contributed by atoms with Crippen LogP contribution in [0.1, 0.15) is 30.0 Å². The molecule has 4 rings (SSSR count). The van der Waals surface area contributed by atoms with E-state index in [2.05, 4.69) is 17.4 Å². The molecule has 2 aromatic rings. The number of hydrogen-bond donors (Lipinski definition) is 1. The van der Waals surface area contributed by atoms with Crippen molar-refractivity contribution in [1.29, 1.82) is 0 Å².